The van der Waals surface area contributed by atoms with Crippen molar-refractivity contribution in [2.24, 2.45) is 0 Å². The molecule has 60 heavy (non-hydrogen) atoms. The van der Waals surface area contributed by atoms with E-state index in [2.05, 4.69) is 31.2 Å². The third kappa shape index (κ3) is 12.1. The van der Waals surface area contributed by atoms with Gasteiger partial charge in [0.25, 0.3) is 11.8 Å². The second kappa shape index (κ2) is 21.8. The first-order chi connectivity index (χ1) is 29.6. The Bertz CT molecular complexity index is 2380. The zero-order chi connectivity index (χ0) is 41.2. The molecule has 4 N–H and O–H groups in total. The van der Waals surface area contributed by atoms with Crippen molar-refractivity contribution in [1.29, 1.82) is 0 Å². The minimum absolute atomic E-state index is 0.103. The number of aromatic nitrogens is 4. The predicted octanol–water partition coefficient (Wildman–Crippen LogP) is 8.50. The summed E-state index contributed by atoms with van der Waals surface area (Å²) in [5.74, 6) is 0.874. The average Bonchev–Trinajstić information content (AvgIpc) is 4.05. The lowest BCUT2D eigenvalue weighted by atomic mass is 10.1. The second-order valence-corrected chi connectivity index (χ2v) is 14.9. The zero-order valence-corrected chi connectivity index (χ0v) is 34.1. The number of thiophene rings is 1. The van der Waals surface area contributed by atoms with E-state index in [1.54, 1.807) is 23.7 Å². The maximum atomic E-state index is 12.8. The lowest BCUT2D eigenvalue weighted by molar-refractivity contribution is 0.0858. The van der Waals surface area contributed by atoms with Crippen molar-refractivity contribution in [3.8, 4) is 22.5 Å². The smallest absolute Gasteiger partial charge is 0.255 e. The highest BCUT2D eigenvalue weighted by atomic mass is 32.1. The largest absolute Gasteiger partial charge is 0.376 e. The molecule has 0 bridgehead atoms. The van der Waals surface area contributed by atoms with Gasteiger partial charge in [0.05, 0.1) is 28.6 Å². The number of pyridine rings is 4. The monoisotopic (exact) mass is 816 g/mol. The number of benzene rings is 2. The highest BCUT2D eigenvalue weighted by Gasteiger charge is 2.19. The molecule has 8 rings (SSSR count). The zero-order valence-electron chi connectivity index (χ0n) is 33.3. The summed E-state index contributed by atoms with van der Waals surface area (Å²) in [6.07, 6.45) is 7.20. The highest BCUT2D eigenvalue weighted by molar-refractivity contribution is 7.07. The number of hydrogen-bond donors (Lipinski definition) is 4. The summed E-state index contributed by atoms with van der Waals surface area (Å²) >= 11 is 1.62. The summed E-state index contributed by atoms with van der Waals surface area (Å²) in [6, 6.07) is 41.1. The molecule has 1 atom stereocenters. The Kier molecular flexibility index (Phi) is 15.1. The van der Waals surface area contributed by atoms with Gasteiger partial charge in [0, 0.05) is 80.5 Å². The Morgan fingerprint density at radius 1 is 0.633 bits per heavy atom. The van der Waals surface area contributed by atoms with Crippen molar-refractivity contribution >= 4 is 34.8 Å². The molecule has 7 aromatic rings. The third-order valence-electron chi connectivity index (χ3n) is 9.77. The first-order valence-electron chi connectivity index (χ1n) is 20.2. The van der Waals surface area contributed by atoms with Crippen LogP contribution in [-0.2, 0) is 24.1 Å². The number of ether oxygens (including phenoxy) is 1. The molecule has 2 amide bonds. The van der Waals surface area contributed by atoms with Gasteiger partial charge < -0.3 is 26.0 Å². The Labute approximate surface area is 354 Å². The van der Waals surface area contributed by atoms with Crippen molar-refractivity contribution in [1.82, 2.24) is 30.6 Å². The van der Waals surface area contributed by atoms with E-state index in [-0.39, 0.29) is 17.9 Å². The molecule has 2 aromatic carbocycles. The first-order valence-corrected chi connectivity index (χ1v) is 21.1. The van der Waals surface area contributed by atoms with Gasteiger partial charge in [0.15, 0.2) is 0 Å². The van der Waals surface area contributed by atoms with E-state index < -0.39 is 0 Å². The van der Waals surface area contributed by atoms with Crippen LogP contribution in [0.4, 0.5) is 11.6 Å². The molecule has 12 heteroatoms. The van der Waals surface area contributed by atoms with E-state index in [9.17, 15) is 9.59 Å². The van der Waals surface area contributed by atoms with Crippen molar-refractivity contribution in [2.45, 2.75) is 38.3 Å². The van der Waals surface area contributed by atoms with Crippen LogP contribution in [-0.4, -0.2) is 64.1 Å². The number of nitrogens with zero attached hydrogens (tertiary/aromatic N) is 4. The molecule has 304 valence electrons. The number of rotatable bonds is 16. The number of carbonyl (C=O) groups excluding carboxylic acids is 2. The van der Waals surface area contributed by atoms with Crippen LogP contribution in [0.15, 0.2) is 151 Å². The summed E-state index contributed by atoms with van der Waals surface area (Å²) in [4.78, 5) is 43.9. The van der Waals surface area contributed by atoms with Crippen LogP contribution in [0, 0.1) is 0 Å². The molecule has 0 spiro atoms. The lowest BCUT2D eigenvalue weighted by Crippen LogP contribution is -2.32. The molecule has 6 heterocycles. The molecule has 0 radical (unpaired) electrons. The van der Waals surface area contributed by atoms with E-state index in [0.29, 0.717) is 48.9 Å². The third-order valence-corrected chi connectivity index (χ3v) is 10.5. The fourth-order valence-corrected chi connectivity index (χ4v) is 7.25. The summed E-state index contributed by atoms with van der Waals surface area (Å²) < 4.78 is 5.61. The van der Waals surface area contributed by atoms with Crippen LogP contribution < -0.4 is 21.3 Å². The molecule has 1 fully saturated rings. The van der Waals surface area contributed by atoms with Crippen LogP contribution in [0.25, 0.3) is 22.5 Å². The fraction of sp³-hybridized carbons (Fsp3) is 0.208. The normalized spacial score (nSPS) is 13.1. The molecule has 5 aromatic heterocycles. The number of nitrogens with one attached hydrogen (secondary N) is 4. The van der Waals surface area contributed by atoms with Gasteiger partial charge in [-0.25, -0.2) is 9.97 Å². The summed E-state index contributed by atoms with van der Waals surface area (Å²) in [5.41, 5.74) is 7.82. The highest BCUT2D eigenvalue weighted by Crippen LogP contribution is 2.24. The molecule has 0 saturated carbocycles. The molecule has 11 nitrogen and oxygen atoms in total. The van der Waals surface area contributed by atoms with Gasteiger partial charge in [-0.15, -0.1) is 0 Å². The van der Waals surface area contributed by atoms with E-state index in [0.717, 1.165) is 71.8 Å². The molecule has 1 aliphatic rings. The summed E-state index contributed by atoms with van der Waals surface area (Å²) in [7, 11) is 0. The predicted molar refractivity (Wildman–Crippen MR) is 239 cm³/mol. The van der Waals surface area contributed by atoms with Gasteiger partial charge in [-0.2, -0.15) is 11.3 Å². The number of carbonyl (C=O) groups is 2. The topological polar surface area (TPSA) is 143 Å². The van der Waals surface area contributed by atoms with Gasteiger partial charge in [-0.05, 0) is 83.8 Å². The SMILES string of the molecule is O=C(NCC1CCCO1)c1ccc(-c2ccccc2)nc1NCCc1ccccn1.O=C(NCc1ccsc1)c1ccc(-c2ccccc2)nc1NCCc1ccccn1. The Balaban J connectivity index is 0.000000181. The van der Waals surface area contributed by atoms with Gasteiger partial charge in [0.2, 0.25) is 0 Å². The van der Waals surface area contributed by atoms with Crippen LogP contribution in [0.3, 0.4) is 0 Å². The standard InChI is InChI=1S/C24H26N4O2.C24H22N4OS/c29-24(27-17-20-10-6-16-30-20)21-11-12-22(18-7-2-1-3-8-18)28-23(21)26-15-13-19-9-4-5-14-25-19;29-24(27-16-18-12-15-30-17-18)21-9-10-22(19-6-2-1-3-7-19)28-23(21)26-14-11-20-8-4-5-13-25-20/h1-5,7-9,11-12,14,20H,6,10,13,15-17H2,(H,26,28)(H,27,29);1-10,12-13,15,17H,11,14,16H2,(H,26,28)(H,27,29). The van der Waals surface area contributed by atoms with Crippen LogP contribution in [0.1, 0.15) is 50.5 Å². The van der Waals surface area contributed by atoms with Gasteiger partial charge in [-0.1, -0.05) is 72.8 Å². The molecule has 0 aliphatic carbocycles. The summed E-state index contributed by atoms with van der Waals surface area (Å²) in [5, 5.41) is 16.7. The van der Waals surface area contributed by atoms with E-state index in [4.69, 9.17) is 14.7 Å². The Morgan fingerprint density at radius 2 is 1.18 bits per heavy atom. The van der Waals surface area contributed by atoms with Crippen LogP contribution >= 0.6 is 11.3 Å². The molecule has 1 saturated heterocycles. The fourth-order valence-electron chi connectivity index (χ4n) is 6.58. The van der Waals surface area contributed by atoms with Crippen LogP contribution in [0.5, 0.6) is 0 Å². The first kappa shape index (κ1) is 41.4. The lowest BCUT2D eigenvalue weighted by Gasteiger charge is -2.15. The Hall–Kier alpha value is -6.76. The molecular weight excluding hydrogens is 769 g/mol. The minimum Gasteiger partial charge on any atom is -0.376 e. The van der Waals surface area contributed by atoms with Crippen molar-refractivity contribution in [3.63, 3.8) is 0 Å². The van der Waals surface area contributed by atoms with E-state index >= 15 is 0 Å². The number of anilines is 2. The Morgan fingerprint density at radius 3 is 1.67 bits per heavy atom. The van der Waals surface area contributed by atoms with E-state index in [1.165, 1.54) is 0 Å². The van der Waals surface area contributed by atoms with Gasteiger partial charge >= 0.3 is 0 Å². The molecule has 1 unspecified atom stereocenters. The number of hydrogen-bond acceptors (Lipinski definition) is 10. The quantitative estimate of drug-likeness (QED) is 0.0755. The minimum atomic E-state index is -0.145. The molecular formula is C48H48N8O3S. The van der Waals surface area contributed by atoms with Crippen molar-refractivity contribution in [2.75, 3.05) is 36.9 Å². The van der Waals surface area contributed by atoms with Crippen molar-refractivity contribution in [3.05, 3.63) is 179 Å². The maximum Gasteiger partial charge on any atom is 0.255 e. The van der Waals surface area contributed by atoms with Crippen LogP contribution in [0.2, 0.25) is 0 Å². The number of amides is 2. The van der Waals surface area contributed by atoms with E-state index in [1.807, 2.05) is 138 Å². The maximum absolute atomic E-state index is 12.8. The van der Waals surface area contributed by atoms with Gasteiger partial charge in [-0.3, -0.25) is 19.6 Å². The average molecular weight is 817 g/mol. The molecule has 1 aliphatic heterocycles. The summed E-state index contributed by atoms with van der Waals surface area (Å²) in [6.45, 7) is 3.05. The second-order valence-electron chi connectivity index (χ2n) is 14.1. The van der Waals surface area contributed by atoms with Crippen molar-refractivity contribution < 1.29 is 14.3 Å². The van der Waals surface area contributed by atoms with Gasteiger partial charge in [0.1, 0.15) is 11.6 Å².